The maximum absolute atomic E-state index is 13.5. The molecular formula is C20H23FN4O7S. The molecule has 2 aliphatic rings. The molecule has 0 spiro atoms. The van der Waals surface area contributed by atoms with Crippen molar-refractivity contribution in [2.24, 2.45) is 13.0 Å². The van der Waals surface area contributed by atoms with Crippen LogP contribution in [0.1, 0.15) is 16.1 Å². The largest absolute Gasteiger partial charge is 0.489 e. The maximum Gasteiger partial charge on any atom is 0.394 e. The van der Waals surface area contributed by atoms with Crippen molar-refractivity contribution in [1.82, 2.24) is 14.2 Å². The topological polar surface area (TPSA) is 153 Å². The number of carboxylic acids is 1. The molecule has 2 unspecified atom stereocenters. The third-order valence-corrected chi connectivity index (χ3v) is 7.24. The maximum atomic E-state index is 13.5. The minimum Gasteiger partial charge on any atom is -0.489 e. The number of hydrogen-bond donors (Lipinski definition) is 5. The predicted molar refractivity (Wildman–Crippen MR) is 116 cm³/mol. The highest BCUT2D eigenvalue weighted by Gasteiger charge is 2.43. The van der Waals surface area contributed by atoms with E-state index in [9.17, 15) is 27.9 Å². The molecule has 1 saturated heterocycles. The van der Waals surface area contributed by atoms with Crippen LogP contribution in [0.4, 0.5) is 10.1 Å². The van der Waals surface area contributed by atoms with E-state index in [1.165, 1.54) is 29.0 Å². The van der Waals surface area contributed by atoms with E-state index in [1.54, 1.807) is 14.0 Å². The van der Waals surface area contributed by atoms with Crippen LogP contribution in [0.25, 0.3) is 0 Å². The van der Waals surface area contributed by atoms with Gasteiger partial charge in [0, 0.05) is 37.9 Å². The minimum absolute atomic E-state index is 0.00351. The molecule has 2 aromatic rings. The first-order chi connectivity index (χ1) is 15.5. The summed E-state index contributed by atoms with van der Waals surface area (Å²) in [7, 11) is -2.11. The average Bonchev–Trinajstić information content (AvgIpc) is 3.27. The van der Waals surface area contributed by atoms with Crippen molar-refractivity contribution in [1.29, 1.82) is 0 Å². The number of hydrogen-bond acceptors (Lipinski definition) is 7. The van der Waals surface area contributed by atoms with Crippen molar-refractivity contribution in [3.8, 4) is 5.75 Å². The van der Waals surface area contributed by atoms with Crippen molar-refractivity contribution in [3.63, 3.8) is 0 Å². The van der Waals surface area contributed by atoms with E-state index in [1.807, 2.05) is 0 Å². The number of nitrogens with one attached hydrogen (secondary N) is 2. The number of likely N-dealkylation sites (tertiary alicyclic amines) is 1. The molecule has 5 N–H and O–H groups in total. The van der Waals surface area contributed by atoms with Gasteiger partial charge in [0.05, 0.1) is 12.6 Å². The Labute approximate surface area is 189 Å². The monoisotopic (exact) mass is 482 g/mol. The van der Waals surface area contributed by atoms with Gasteiger partial charge in [-0.3, -0.25) is 18.7 Å². The quantitative estimate of drug-likeness (QED) is 0.405. The Hall–Kier alpha value is -3.13. The second kappa shape index (κ2) is 8.33. The average molecular weight is 482 g/mol. The van der Waals surface area contributed by atoms with Crippen LogP contribution < -0.4 is 14.8 Å². The Morgan fingerprint density at radius 1 is 1.27 bits per heavy atom. The van der Waals surface area contributed by atoms with Gasteiger partial charge in [0.25, 0.3) is 5.91 Å². The number of carbonyl (C=O) groups excluding carboxylic acids is 2. The molecular weight excluding hydrogens is 459 g/mol. The molecule has 178 valence electrons. The van der Waals surface area contributed by atoms with E-state index >= 15 is 0 Å². The van der Waals surface area contributed by atoms with Crippen molar-refractivity contribution in [3.05, 3.63) is 41.5 Å². The summed E-state index contributed by atoms with van der Waals surface area (Å²) in [6.45, 7) is 1.57. The fourth-order valence-electron chi connectivity index (χ4n) is 4.03. The molecule has 0 aliphatic carbocycles. The number of anilines is 1. The summed E-state index contributed by atoms with van der Waals surface area (Å²) < 4.78 is 45.2. The molecule has 2 aliphatic heterocycles. The van der Waals surface area contributed by atoms with E-state index in [4.69, 9.17) is 9.84 Å². The molecule has 4 rings (SSSR count). The minimum atomic E-state index is -3.66. The number of aryl methyl sites for hydroxylation is 2. The van der Waals surface area contributed by atoms with E-state index in [2.05, 4.69) is 10.0 Å². The van der Waals surface area contributed by atoms with Gasteiger partial charge >= 0.3 is 11.9 Å². The molecule has 0 saturated carbocycles. The number of rotatable bonds is 2. The normalized spacial score (nSPS) is 22.3. The van der Waals surface area contributed by atoms with E-state index in [-0.39, 0.29) is 36.0 Å². The zero-order valence-electron chi connectivity index (χ0n) is 17.7. The number of aromatic nitrogens is 1. The first kappa shape index (κ1) is 23.0. The molecule has 13 heteroatoms. The van der Waals surface area contributed by atoms with E-state index < -0.39 is 46.3 Å². The van der Waals surface area contributed by atoms with Crippen molar-refractivity contribution >= 4 is 34.2 Å². The Morgan fingerprint density at radius 3 is 2.67 bits per heavy atom. The van der Waals surface area contributed by atoms with Gasteiger partial charge in [-0.25, -0.2) is 13.9 Å². The number of carbonyl (C=O) groups is 3. The van der Waals surface area contributed by atoms with Crippen molar-refractivity contribution < 1.29 is 37.7 Å². The summed E-state index contributed by atoms with van der Waals surface area (Å²) in [6.07, 6.45) is 1.36. The Balaban J connectivity index is 1.62. The first-order valence-corrected chi connectivity index (χ1v) is 11.5. The summed E-state index contributed by atoms with van der Waals surface area (Å²) >= 11 is 0. The number of benzene rings is 1. The van der Waals surface area contributed by atoms with Crippen LogP contribution in [0.15, 0.2) is 29.3 Å². The van der Waals surface area contributed by atoms with E-state index in [0.717, 1.165) is 4.90 Å². The smallest absolute Gasteiger partial charge is 0.394 e. The summed E-state index contributed by atoms with van der Waals surface area (Å²) in [6, 6.07) is 3.47. The van der Waals surface area contributed by atoms with Crippen LogP contribution in [-0.4, -0.2) is 67.2 Å². The third-order valence-electron chi connectivity index (χ3n) is 5.71. The lowest BCUT2D eigenvalue weighted by Crippen LogP contribution is -2.42. The van der Waals surface area contributed by atoms with Crippen molar-refractivity contribution in [2.75, 3.05) is 25.0 Å². The molecule has 2 amide bonds. The first-order valence-electron chi connectivity index (χ1n) is 9.95. The SMILES string of the molecule is Cc1cc(NC(=O)c2c3c(cn2C)S(O)(O)NC2CN(C(=O)C(=O)O)CC2CO3)ccc1F. The van der Waals surface area contributed by atoms with Gasteiger partial charge < -0.3 is 24.6 Å². The number of ether oxygens (including phenoxy) is 1. The predicted octanol–water partition coefficient (Wildman–Crippen LogP) is 1.64. The van der Waals surface area contributed by atoms with Crippen LogP contribution in [0.5, 0.6) is 5.75 Å². The fraction of sp³-hybridized carbons (Fsp3) is 0.350. The molecule has 1 aromatic heterocycles. The molecule has 11 nitrogen and oxygen atoms in total. The van der Waals surface area contributed by atoms with Gasteiger partial charge in [-0.05, 0) is 30.7 Å². The fourth-order valence-corrected chi connectivity index (χ4v) is 5.57. The number of aliphatic carboxylic acids is 1. The molecule has 1 fully saturated rings. The summed E-state index contributed by atoms with van der Waals surface area (Å²) in [5, 5.41) is 11.6. The zero-order valence-corrected chi connectivity index (χ0v) is 18.6. The van der Waals surface area contributed by atoms with Gasteiger partial charge in [0.1, 0.15) is 10.7 Å². The highest BCUT2D eigenvalue weighted by molar-refractivity contribution is 8.22. The lowest BCUT2D eigenvalue weighted by Gasteiger charge is -2.38. The molecule has 1 aromatic carbocycles. The van der Waals surface area contributed by atoms with Crippen LogP contribution >= 0.6 is 10.8 Å². The number of carboxylic acid groups (broad SMARTS) is 1. The number of halogens is 1. The van der Waals surface area contributed by atoms with Crippen molar-refractivity contribution in [2.45, 2.75) is 17.9 Å². The van der Waals surface area contributed by atoms with Gasteiger partial charge in [-0.15, -0.1) is 10.8 Å². The Bertz CT molecular complexity index is 1150. The highest BCUT2D eigenvalue weighted by atomic mass is 32.3. The lowest BCUT2D eigenvalue weighted by molar-refractivity contribution is -0.155. The summed E-state index contributed by atoms with van der Waals surface area (Å²) in [5.74, 6) is -4.19. The zero-order chi connectivity index (χ0) is 24.1. The summed E-state index contributed by atoms with van der Waals surface area (Å²) in [5.41, 5.74) is 0.712. The molecule has 0 radical (unpaired) electrons. The molecule has 33 heavy (non-hydrogen) atoms. The van der Waals surface area contributed by atoms with Crippen LogP contribution in [0, 0.1) is 18.7 Å². The second-order valence-corrected chi connectivity index (χ2v) is 9.83. The van der Waals surface area contributed by atoms with Gasteiger partial charge in [0.2, 0.25) is 0 Å². The number of nitrogens with zero attached hydrogens (tertiary/aromatic N) is 2. The van der Waals surface area contributed by atoms with Crippen LogP contribution in [0.3, 0.4) is 0 Å². The molecule has 2 atom stereocenters. The lowest BCUT2D eigenvalue weighted by atomic mass is 10.1. The number of fused-ring (bicyclic) bond motifs is 2. The van der Waals surface area contributed by atoms with Crippen LogP contribution in [-0.2, 0) is 16.6 Å². The standard InChI is InChI=1S/C20H23FN4O7S/c1-10-5-12(3-4-13(10)21)22-18(26)16-17-15(8-24(16)2)33(30,31)23-14-7-25(19(27)20(28)29)6-11(14)9-32-17/h3-5,8,11,14,23,30-31H,6-7,9H2,1-2H3,(H,22,26)(H,28,29). The van der Waals surface area contributed by atoms with Gasteiger partial charge in [-0.2, -0.15) is 0 Å². The van der Waals surface area contributed by atoms with Gasteiger partial charge in [-0.1, -0.05) is 0 Å². The van der Waals surface area contributed by atoms with E-state index in [0.29, 0.717) is 11.3 Å². The Morgan fingerprint density at radius 2 is 2.00 bits per heavy atom. The Kier molecular flexibility index (Phi) is 5.82. The summed E-state index contributed by atoms with van der Waals surface area (Å²) in [4.78, 5) is 37.0. The highest BCUT2D eigenvalue weighted by Crippen LogP contribution is 2.53. The number of amides is 2. The third kappa shape index (κ3) is 4.27. The van der Waals surface area contributed by atoms with Gasteiger partial charge in [0.15, 0.2) is 11.4 Å². The molecule has 3 heterocycles. The second-order valence-electron chi connectivity index (χ2n) is 8.06. The molecule has 0 bridgehead atoms. The van der Waals surface area contributed by atoms with Crippen LogP contribution in [0.2, 0.25) is 0 Å².